The molecule has 0 saturated carbocycles. The lowest BCUT2D eigenvalue weighted by molar-refractivity contribution is 0.354. The normalized spacial score (nSPS) is 11.3. The molecule has 0 unspecified atom stereocenters. The number of nitrogens with zero attached hydrogens (tertiary/aromatic N) is 2. The molecule has 0 radical (unpaired) electrons. The van der Waals surface area contributed by atoms with Crippen molar-refractivity contribution in [3.63, 3.8) is 0 Å². The monoisotopic (exact) mass is 439 g/mol. The van der Waals surface area contributed by atoms with Crippen molar-refractivity contribution in [3.05, 3.63) is 67.0 Å². The third kappa shape index (κ3) is 3.99. The van der Waals surface area contributed by atoms with Crippen molar-refractivity contribution < 1.29 is 22.6 Å². The van der Waals surface area contributed by atoms with Gasteiger partial charge in [-0.3, -0.25) is 4.72 Å². The van der Waals surface area contributed by atoms with E-state index in [0.717, 1.165) is 11.2 Å². The number of pyridine rings is 1. The molecular formula is C22H21N3O5S. The van der Waals surface area contributed by atoms with Crippen molar-refractivity contribution in [2.45, 2.75) is 4.90 Å². The van der Waals surface area contributed by atoms with Gasteiger partial charge >= 0.3 is 0 Å². The van der Waals surface area contributed by atoms with Gasteiger partial charge in [-0.25, -0.2) is 13.4 Å². The quantitative estimate of drug-likeness (QED) is 0.471. The highest BCUT2D eigenvalue weighted by Crippen LogP contribution is 2.34. The second-order valence-electron chi connectivity index (χ2n) is 6.63. The van der Waals surface area contributed by atoms with Crippen LogP contribution >= 0.6 is 0 Å². The predicted molar refractivity (Wildman–Crippen MR) is 118 cm³/mol. The number of sulfonamides is 1. The molecule has 0 fully saturated rings. The lowest BCUT2D eigenvalue weighted by atomic mass is 10.1. The molecule has 1 N–H and O–H groups in total. The molecule has 31 heavy (non-hydrogen) atoms. The summed E-state index contributed by atoms with van der Waals surface area (Å²) in [7, 11) is 0.496. The SMILES string of the molecule is COc1ccc(-c2cn3ccccc3n2)cc1NS(=O)(=O)c1ccc(OC)c(OC)c1. The van der Waals surface area contributed by atoms with Crippen molar-refractivity contribution >= 4 is 21.4 Å². The number of fused-ring (bicyclic) bond motifs is 1. The van der Waals surface area contributed by atoms with Crippen LogP contribution in [0.25, 0.3) is 16.9 Å². The van der Waals surface area contributed by atoms with Gasteiger partial charge in [0.05, 0.1) is 37.6 Å². The Morgan fingerprint density at radius 1 is 0.871 bits per heavy atom. The fourth-order valence-corrected chi connectivity index (χ4v) is 4.28. The van der Waals surface area contributed by atoms with Gasteiger partial charge in [-0.05, 0) is 42.5 Å². The minimum Gasteiger partial charge on any atom is -0.495 e. The molecule has 2 aromatic heterocycles. The van der Waals surface area contributed by atoms with E-state index in [0.29, 0.717) is 28.6 Å². The van der Waals surface area contributed by atoms with Gasteiger partial charge in [-0.2, -0.15) is 0 Å². The maximum Gasteiger partial charge on any atom is 0.262 e. The van der Waals surface area contributed by atoms with E-state index in [1.807, 2.05) is 41.1 Å². The molecule has 0 spiro atoms. The maximum atomic E-state index is 13.0. The van der Waals surface area contributed by atoms with Crippen LogP contribution in [0.1, 0.15) is 0 Å². The van der Waals surface area contributed by atoms with Crippen molar-refractivity contribution in [1.82, 2.24) is 9.38 Å². The molecule has 0 aliphatic heterocycles. The zero-order chi connectivity index (χ0) is 22.0. The second-order valence-corrected chi connectivity index (χ2v) is 8.31. The standard InChI is InChI=1S/C22H21N3O5S/c1-28-19-9-7-15(18-14-25-11-5-4-6-22(25)23-18)12-17(19)24-31(26,27)16-8-10-20(29-2)21(13-16)30-3/h4-14,24H,1-3H3. The molecule has 4 rings (SSSR count). The summed E-state index contributed by atoms with van der Waals surface area (Å²) in [5.74, 6) is 1.14. The molecule has 9 heteroatoms. The number of anilines is 1. The molecule has 0 aliphatic carbocycles. The Labute approximate surface area is 180 Å². The first-order valence-electron chi connectivity index (χ1n) is 9.32. The number of hydrogen-bond donors (Lipinski definition) is 1. The van der Waals surface area contributed by atoms with Crippen molar-refractivity contribution in [3.8, 4) is 28.5 Å². The van der Waals surface area contributed by atoms with Gasteiger partial charge in [-0.15, -0.1) is 0 Å². The first-order valence-corrected chi connectivity index (χ1v) is 10.8. The van der Waals surface area contributed by atoms with Crippen LogP contribution < -0.4 is 18.9 Å². The van der Waals surface area contributed by atoms with E-state index >= 15 is 0 Å². The topological polar surface area (TPSA) is 91.2 Å². The summed E-state index contributed by atoms with van der Waals surface area (Å²) in [4.78, 5) is 4.62. The first-order chi connectivity index (χ1) is 14.9. The van der Waals surface area contributed by atoms with Crippen LogP contribution in [0.15, 0.2) is 71.9 Å². The highest BCUT2D eigenvalue weighted by molar-refractivity contribution is 7.92. The summed E-state index contributed by atoms with van der Waals surface area (Å²) in [6, 6.07) is 15.3. The van der Waals surface area contributed by atoms with Gasteiger partial charge < -0.3 is 18.6 Å². The number of ether oxygens (including phenoxy) is 3. The van der Waals surface area contributed by atoms with E-state index in [1.165, 1.54) is 39.5 Å². The summed E-state index contributed by atoms with van der Waals surface area (Å²) in [5, 5.41) is 0. The van der Waals surface area contributed by atoms with Crippen LogP contribution in [0.2, 0.25) is 0 Å². The molecule has 2 aromatic carbocycles. The first kappa shape index (κ1) is 20.5. The fourth-order valence-electron chi connectivity index (χ4n) is 3.21. The van der Waals surface area contributed by atoms with Crippen molar-refractivity contribution in [2.24, 2.45) is 0 Å². The number of aromatic nitrogens is 2. The Morgan fingerprint density at radius 2 is 1.61 bits per heavy atom. The van der Waals surface area contributed by atoms with E-state index in [1.54, 1.807) is 12.1 Å². The van der Waals surface area contributed by atoms with Crippen LogP contribution in [-0.2, 0) is 10.0 Å². The zero-order valence-corrected chi connectivity index (χ0v) is 18.0. The molecular weight excluding hydrogens is 418 g/mol. The minimum atomic E-state index is -3.92. The lowest BCUT2D eigenvalue weighted by Gasteiger charge is -2.14. The Morgan fingerprint density at radius 3 is 2.32 bits per heavy atom. The molecule has 2 heterocycles. The Kier molecular flexibility index (Phi) is 5.43. The second kappa shape index (κ2) is 8.19. The number of hydrogen-bond acceptors (Lipinski definition) is 6. The molecule has 160 valence electrons. The molecule has 0 aliphatic rings. The fraction of sp³-hybridized carbons (Fsp3) is 0.136. The van der Waals surface area contributed by atoms with Gasteiger partial charge in [-0.1, -0.05) is 6.07 Å². The third-order valence-electron chi connectivity index (χ3n) is 4.77. The van der Waals surface area contributed by atoms with Crippen molar-refractivity contribution in [1.29, 1.82) is 0 Å². The lowest BCUT2D eigenvalue weighted by Crippen LogP contribution is -2.14. The highest BCUT2D eigenvalue weighted by atomic mass is 32.2. The summed E-state index contributed by atoms with van der Waals surface area (Å²) < 4.78 is 46.3. The number of imidazole rings is 1. The molecule has 4 aromatic rings. The predicted octanol–water partition coefficient (Wildman–Crippen LogP) is 3.83. The third-order valence-corrected chi connectivity index (χ3v) is 6.13. The average Bonchev–Trinajstić information content (AvgIpc) is 3.22. The van der Waals surface area contributed by atoms with Gasteiger partial charge in [0.1, 0.15) is 11.4 Å². The number of methoxy groups -OCH3 is 3. The highest BCUT2D eigenvalue weighted by Gasteiger charge is 2.20. The number of rotatable bonds is 7. The Balaban J connectivity index is 1.72. The van der Waals surface area contributed by atoms with E-state index in [-0.39, 0.29) is 4.90 Å². The zero-order valence-electron chi connectivity index (χ0n) is 17.2. The van der Waals surface area contributed by atoms with Crippen LogP contribution in [0.4, 0.5) is 5.69 Å². The van der Waals surface area contributed by atoms with E-state index in [2.05, 4.69) is 9.71 Å². The van der Waals surface area contributed by atoms with Gasteiger partial charge in [0.25, 0.3) is 10.0 Å². The van der Waals surface area contributed by atoms with Crippen LogP contribution in [0, 0.1) is 0 Å². The average molecular weight is 439 g/mol. The Bertz CT molecular complexity index is 1320. The summed E-state index contributed by atoms with van der Waals surface area (Å²) in [6.07, 6.45) is 3.78. The maximum absolute atomic E-state index is 13.0. The largest absolute Gasteiger partial charge is 0.495 e. The molecule has 0 saturated heterocycles. The summed E-state index contributed by atoms with van der Waals surface area (Å²) in [6.45, 7) is 0. The summed E-state index contributed by atoms with van der Waals surface area (Å²) >= 11 is 0. The minimum absolute atomic E-state index is 0.0327. The number of benzene rings is 2. The Hall–Kier alpha value is -3.72. The van der Waals surface area contributed by atoms with E-state index in [9.17, 15) is 8.42 Å². The van der Waals surface area contributed by atoms with Crippen LogP contribution in [-0.4, -0.2) is 39.1 Å². The van der Waals surface area contributed by atoms with E-state index in [4.69, 9.17) is 14.2 Å². The van der Waals surface area contributed by atoms with Crippen LogP contribution in [0.5, 0.6) is 17.2 Å². The number of nitrogens with one attached hydrogen (secondary N) is 1. The smallest absolute Gasteiger partial charge is 0.262 e. The molecule has 8 nitrogen and oxygen atoms in total. The molecule has 0 amide bonds. The molecule has 0 bridgehead atoms. The van der Waals surface area contributed by atoms with E-state index < -0.39 is 10.0 Å². The van der Waals surface area contributed by atoms with Crippen LogP contribution in [0.3, 0.4) is 0 Å². The van der Waals surface area contributed by atoms with Gasteiger partial charge in [0.15, 0.2) is 11.5 Å². The van der Waals surface area contributed by atoms with Gasteiger partial charge in [0, 0.05) is 24.0 Å². The summed E-state index contributed by atoms with van der Waals surface area (Å²) in [5.41, 5.74) is 2.54. The molecule has 0 atom stereocenters. The van der Waals surface area contributed by atoms with Crippen molar-refractivity contribution in [2.75, 3.05) is 26.1 Å². The van der Waals surface area contributed by atoms with Gasteiger partial charge in [0.2, 0.25) is 0 Å².